The molecule has 0 spiro atoms. The molecule has 0 nitrogen and oxygen atoms in total. The van der Waals surface area contributed by atoms with Gasteiger partial charge < -0.3 is 0 Å². The largest absolute Gasteiger partial charge is 0.0922 e. The minimum atomic E-state index is 0.646. The van der Waals surface area contributed by atoms with Crippen molar-refractivity contribution in [2.75, 3.05) is 5.33 Å². The quantitative estimate of drug-likeness (QED) is 0.580. The van der Waals surface area contributed by atoms with Crippen LogP contribution in [0.25, 0.3) is 0 Å². The SMILES string of the molecule is ClC1=CC[C@@H](CBr)C=C1. The summed E-state index contributed by atoms with van der Waals surface area (Å²) in [5.41, 5.74) is 0. The molecule has 0 aromatic heterocycles. The summed E-state index contributed by atoms with van der Waals surface area (Å²) in [5.74, 6) is 0.646. The topological polar surface area (TPSA) is 0 Å². The minimum Gasteiger partial charge on any atom is -0.0922 e. The van der Waals surface area contributed by atoms with Gasteiger partial charge in [-0.15, -0.1) is 0 Å². The maximum Gasteiger partial charge on any atom is 0.0363 e. The summed E-state index contributed by atoms with van der Waals surface area (Å²) >= 11 is 9.11. The number of allylic oxidation sites excluding steroid dienone is 4. The first kappa shape index (κ1) is 7.36. The molecular weight excluding hydrogens is 199 g/mol. The lowest BCUT2D eigenvalue weighted by Gasteiger charge is -2.08. The molecule has 0 fully saturated rings. The lowest BCUT2D eigenvalue weighted by Crippen LogP contribution is -1.98. The monoisotopic (exact) mass is 206 g/mol. The van der Waals surface area contributed by atoms with Gasteiger partial charge in [-0.2, -0.15) is 0 Å². The molecule has 0 aliphatic heterocycles. The van der Waals surface area contributed by atoms with E-state index in [2.05, 4.69) is 22.0 Å². The normalized spacial score (nSPS) is 26.0. The van der Waals surface area contributed by atoms with Crippen LogP contribution in [0.3, 0.4) is 0 Å². The van der Waals surface area contributed by atoms with Gasteiger partial charge in [0, 0.05) is 10.4 Å². The molecule has 2 heteroatoms. The van der Waals surface area contributed by atoms with Crippen LogP contribution in [-0.2, 0) is 0 Å². The molecule has 0 bridgehead atoms. The summed E-state index contributed by atoms with van der Waals surface area (Å²) in [6, 6.07) is 0. The summed E-state index contributed by atoms with van der Waals surface area (Å²) in [6.07, 6.45) is 7.21. The Morgan fingerprint density at radius 3 is 3.00 bits per heavy atom. The fourth-order valence-electron chi connectivity index (χ4n) is 0.753. The highest BCUT2D eigenvalue weighted by Crippen LogP contribution is 2.19. The molecule has 1 rings (SSSR count). The minimum absolute atomic E-state index is 0.646. The molecule has 1 atom stereocenters. The Morgan fingerprint density at radius 1 is 1.78 bits per heavy atom. The zero-order chi connectivity index (χ0) is 6.69. The molecule has 1 aliphatic rings. The molecule has 50 valence electrons. The van der Waals surface area contributed by atoms with E-state index in [1.165, 1.54) is 0 Å². The van der Waals surface area contributed by atoms with Crippen LogP contribution in [0.1, 0.15) is 6.42 Å². The second-order valence-corrected chi connectivity index (χ2v) is 3.18. The Balaban J connectivity index is 2.48. The molecule has 0 aromatic carbocycles. The van der Waals surface area contributed by atoms with E-state index in [0.717, 1.165) is 16.8 Å². The van der Waals surface area contributed by atoms with Crippen LogP contribution >= 0.6 is 27.5 Å². The average Bonchev–Trinajstić information content (AvgIpc) is 1.90. The number of rotatable bonds is 1. The van der Waals surface area contributed by atoms with Gasteiger partial charge in [0.1, 0.15) is 0 Å². The van der Waals surface area contributed by atoms with Gasteiger partial charge in [0.2, 0.25) is 0 Å². The summed E-state index contributed by atoms with van der Waals surface area (Å²) < 4.78 is 0. The number of hydrogen-bond donors (Lipinski definition) is 0. The predicted octanol–water partition coefficient (Wildman–Crippen LogP) is 3.08. The van der Waals surface area contributed by atoms with Gasteiger partial charge in [-0.3, -0.25) is 0 Å². The van der Waals surface area contributed by atoms with Crippen LogP contribution < -0.4 is 0 Å². The smallest absolute Gasteiger partial charge is 0.0363 e. The summed E-state index contributed by atoms with van der Waals surface area (Å²) in [7, 11) is 0. The van der Waals surface area contributed by atoms with E-state index in [1.54, 1.807) is 0 Å². The van der Waals surface area contributed by atoms with E-state index in [4.69, 9.17) is 11.6 Å². The van der Waals surface area contributed by atoms with Crippen molar-refractivity contribution in [1.82, 2.24) is 0 Å². The van der Waals surface area contributed by atoms with Gasteiger partial charge in [-0.25, -0.2) is 0 Å². The molecule has 9 heavy (non-hydrogen) atoms. The van der Waals surface area contributed by atoms with Crippen LogP contribution in [0.2, 0.25) is 0 Å². The highest BCUT2D eigenvalue weighted by atomic mass is 79.9. The lowest BCUT2D eigenvalue weighted by atomic mass is 10.0. The van der Waals surface area contributed by atoms with Crippen molar-refractivity contribution in [3.05, 3.63) is 23.3 Å². The van der Waals surface area contributed by atoms with Gasteiger partial charge in [-0.05, 0) is 18.4 Å². The fraction of sp³-hybridized carbons (Fsp3) is 0.429. The molecule has 0 saturated heterocycles. The van der Waals surface area contributed by atoms with Crippen LogP contribution in [0.15, 0.2) is 23.3 Å². The van der Waals surface area contributed by atoms with Crippen LogP contribution in [-0.4, -0.2) is 5.33 Å². The van der Waals surface area contributed by atoms with Gasteiger partial charge in [-0.1, -0.05) is 39.7 Å². The molecule has 1 aliphatic carbocycles. The van der Waals surface area contributed by atoms with E-state index in [1.807, 2.05) is 12.2 Å². The van der Waals surface area contributed by atoms with Crippen molar-refractivity contribution in [2.24, 2.45) is 5.92 Å². The molecule has 0 heterocycles. The summed E-state index contributed by atoms with van der Waals surface area (Å²) in [4.78, 5) is 0. The van der Waals surface area contributed by atoms with E-state index >= 15 is 0 Å². The number of halogens is 2. The Hall–Kier alpha value is 0.250. The van der Waals surface area contributed by atoms with E-state index in [-0.39, 0.29) is 0 Å². The van der Waals surface area contributed by atoms with Gasteiger partial charge in [0.25, 0.3) is 0 Å². The molecule has 0 radical (unpaired) electrons. The number of alkyl halides is 1. The maximum absolute atomic E-state index is 5.70. The molecule has 0 aromatic rings. The molecule has 0 unspecified atom stereocenters. The first-order valence-electron chi connectivity index (χ1n) is 2.93. The van der Waals surface area contributed by atoms with Crippen molar-refractivity contribution in [2.45, 2.75) is 6.42 Å². The van der Waals surface area contributed by atoms with Crippen molar-refractivity contribution >= 4 is 27.5 Å². The lowest BCUT2D eigenvalue weighted by molar-refractivity contribution is 0.753. The Labute approximate surface area is 68.7 Å². The number of hydrogen-bond acceptors (Lipinski definition) is 0. The van der Waals surface area contributed by atoms with Crippen molar-refractivity contribution in [3.63, 3.8) is 0 Å². The second-order valence-electron chi connectivity index (χ2n) is 2.10. The summed E-state index contributed by atoms with van der Waals surface area (Å²) in [5, 5.41) is 1.90. The zero-order valence-corrected chi connectivity index (χ0v) is 7.32. The van der Waals surface area contributed by atoms with E-state index in [0.29, 0.717) is 5.92 Å². The van der Waals surface area contributed by atoms with E-state index < -0.39 is 0 Å². The van der Waals surface area contributed by atoms with Gasteiger partial charge >= 0.3 is 0 Å². The van der Waals surface area contributed by atoms with Crippen molar-refractivity contribution in [1.29, 1.82) is 0 Å². The molecule has 0 saturated carbocycles. The molecule has 0 amide bonds. The van der Waals surface area contributed by atoms with Crippen LogP contribution in [0.5, 0.6) is 0 Å². The highest BCUT2D eigenvalue weighted by Gasteiger charge is 2.04. The Morgan fingerprint density at radius 2 is 2.56 bits per heavy atom. The fourth-order valence-corrected chi connectivity index (χ4v) is 1.39. The predicted molar refractivity (Wildman–Crippen MR) is 45.0 cm³/mol. The highest BCUT2D eigenvalue weighted by molar-refractivity contribution is 9.09. The third-order valence-electron chi connectivity index (χ3n) is 1.34. The first-order valence-corrected chi connectivity index (χ1v) is 4.42. The first-order chi connectivity index (χ1) is 4.33. The van der Waals surface area contributed by atoms with Crippen LogP contribution in [0, 0.1) is 5.92 Å². The summed E-state index contributed by atoms with van der Waals surface area (Å²) in [6.45, 7) is 0. The van der Waals surface area contributed by atoms with Crippen LogP contribution in [0.4, 0.5) is 0 Å². The van der Waals surface area contributed by atoms with Crippen molar-refractivity contribution < 1.29 is 0 Å². The molecular formula is C7H8BrCl. The average molecular weight is 207 g/mol. The van der Waals surface area contributed by atoms with Gasteiger partial charge in [0.05, 0.1) is 0 Å². The standard InChI is InChI=1S/C7H8BrCl/c8-5-6-1-3-7(9)4-2-6/h1,3-4,6H,2,5H2/t6-/m0/s1. The van der Waals surface area contributed by atoms with Crippen molar-refractivity contribution in [3.8, 4) is 0 Å². The Kier molecular flexibility index (Phi) is 2.80. The third kappa shape index (κ3) is 2.15. The maximum atomic E-state index is 5.70. The third-order valence-corrected chi connectivity index (χ3v) is 2.45. The molecule has 0 N–H and O–H groups in total. The second kappa shape index (κ2) is 3.43. The van der Waals surface area contributed by atoms with E-state index in [9.17, 15) is 0 Å². The zero-order valence-electron chi connectivity index (χ0n) is 4.98. The van der Waals surface area contributed by atoms with Gasteiger partial charge in [0.15, 0.2) is 0 Å². The Bertz CT molecular complexity index is 149.